The number of ether oxygens (including phenoxy) is 2. The minimum Gasteiger partial charge on any atom is -0.493 e. The van der Waals surface area contributed by atoms with Gasteiger partial charge in [0, 0.05) is 18.2 Å². The normalized spacial score (nSPS) is 10.3. The lowest BCUT2D eigenvalue weighted by Crippen LogP contribution is -2.38. The molecule has 0 aliphatic rings. The van der Waals surface area contributed by atoms with Crippen molar-refractivity contribution < 1.29 is 29.0 Å². The standard InChI is InChI=1S/C16H22N2O6/c1-10(2)18(7-6-15(20)21)16(22)11-4-5-12(13(8-11)23-3)24-9-14(17)19/h4-5,8,10H,6-7,9H2,1-3H3,(H2,17,19)(H,20,21). The van der Waals surface area contributed by atoms with Crippen LogP contribution in [0.15, 0.2) is 18.2 Å². The molecule has 1 aromatic carbocycles. The fraction of sp³-hybridized carbons (Fsp3) is 0.438. The number of hydrogen-bond acceptors (Lipinski definition) is 5. The summed E-state index contributed by atoms with van der Waals surface area (Å²) in [5, 5.41) is 8.81. The molecule has 24 heavy (non-hydrogen) atoms. The number of hydrogen-bond donors (Lipinski definition) is 2. The van der Waals surface area contributed by atoms with Gasteiger partial charge in [-0.3, -0.25) is 14.4 Å². The van der Waals surface area contributed by atoms with E-state index in [4.69, 9.17) is 20.3 Å². The topological polar surface area (TPSA) is 119 Å². The average molecular weight is 338 g/mol. The second-order valence-electron chi connectivity index (χ2n) is 5.36. The zero-order valence-electron chi connectivity index (χ0n) is 13.9. The van der Waals surface area contributed by atoms with Crippen LogP contribution in [0.25, 0.3) is 0 Å². The van der Waals surface area contributed by atoms with Crippen LogP contribution in [0.1, 0.15) is 30.6 Å². The maximum absolute atomic E-state index is 12.6. The number of amides is 2. The van der Waals surface area contributed by atoms with Crippen LogP contribution in [-0.4, -0.2) is 54.1 Å². The molecule has 0 saturated carbocycles. The molecule has 0 radical (unpaired) electrons. The highest BCUT2D eigenvalue weighted by atomic mass is 16.5. The second kappa shape index (κ2) is 8.76. The van der Waals surface area contributed by atoms with Crippen LogP contribution in [0, 0.1) is 0 Å². The van der Waals surface area contributed by atoms with Crippen molar-refractivity contribution in [1.29, 1.82) is 0 Å². The van der Waals surface area contributed by atoms with Crippen molar-refractivity contribution in [3.8, 4) is 11.5 Å². The molecule has 0 spiro atoms. The van der Waals surface area contributed by atoms with Gasteiger partial charge in [-0.05, 0) is 32.0 Å². The summed E-state index contributed by atoms with van der Waals surface area (Å²) < 4.78 is 10.4. The zero-order chi connectivity index (χ0) is 18.3. The fourth-order valence-corrected chi connectivity index (χ4v) is 2.04. The maximum Gasteiger partial charge on any atom is 0.305 e. The number of rotatable bonds is 9. The van der Waals surface area contributed by atoms with Gasteiger partial charge >= 0.3 is 5.97 Å². The second-order valence-corrected chi connectivity index (χ2v) is 5.36. The molecule has 1 aromatic rings. The largest absolute Gasteiger partial charge is 0.493 e. The van der Waals surface area contributed by atoms with Gasteiger partial charge in [0.2, 0.25) is 0 Å². The summed E-state index contributed by atoms with van der Waals surface area (Å²) in [6, 6.07) is 4.35. The van der Waals surface area contributed by atoms with Crippen molar-refractivity contribution in [2.45, 2.75) is 26.3 Å². The molecular formula is C16H22N2O6. The predicted molar refractivity (Wildman–Crippen MR) is 86.1 cm³/mol. The van der Waals surface area contributed by atoms with Gasteiger partial charge in [0.1, 0.15) is 0 Å². The summed E-state index contributed by atoms with van der Waals surface area (Å²) in [5.41, 5.74) is 5.36. The maximum atomic E-state index is 12.6. The Morgan fingerprint density at radius 3 is 2.42 bits per heavy atom. The number of aliphatic carboxylic acids is 1. The Balaban J connectivity index is 2.99. The smallest absolute Gasteiger partial charge is 0.305 e. The Bertz CT molecular complexity index is 615. The molecule has 0 atom stereocenters. The van der Waals surface area contributed by atoms with E-state index in [1.807, 2.05) is 0 Å². The Hall–Kier alpha value is -2.77. The quantitative estimate of drug-likeness (QED) is 0.690. The van der Waals surface area contributed by atoms with E-state index in [2.05, 4.69) is 0 Å². The molecule has 0 unspecified atom stereocenters. The third-order valence-electron chi connectivity index (χ3n) is 3.23. The fourth-order valence-electron chi connectivity index (χ4n) is 2.04. The van der Waals surface area contributed by atoms with Crippen LogP contribution in [0.3, 0.4) is 0 Å². The van der Waals surface area contributed by atoms with Gasteiger partial charge < -0.3 is 25.2 Å². The summed E-state index contributed by atoms with van der Waals surface area (Å²) in [6.07, 6.45) is -0.138. The van der Waals surface area contributed by atoms with E-state index in [1.165, 1.54) is 30.2 Å². The highest BCUT2D eigenvalue weighted by molar-refractivity contribution is 5.95. The van der Waals surface area contributed by atoms with E-state index in [0.29, 0.717) is 5.56 Å². The summed E-state index contributed by atoms with van der Waals surface area (Å²) in [7, 11) is 1.41. The molecule has 132 valence electrons. The summed E-state index contributed by atoms with van der Waals surface area (Å²) >= 11 is 0. The average Bonchev–Trinajstić information content (AvgIpc) is 2.51. The van der Waals surface area contributed by atoms with E-state index in [9.17, 15) is 14.4 Å². The lowest BCUT2D eigenvalue weighted by atomic mass is 10.1. The van der Waals surface area contributed by atoms with Crippen molar-refractivity contribution in [2.24, 2.45) is 5.73 Å². The highest BCUT2D eigenvalue weighted by Crippen LogP contribution is 2.28. The van der Waals surface area contributed by atoms with Crippen molar-refractivity contribution in [3.63, 3.8) is 0 Å². The van der Waals surface area contributed by atoms with E-state index in [1.54, 1.807) is 13.8 Å². The number of carboxylic acids is 1. The highest BCUT2D eigenvalue weighted by Gasteiger charge is 2.21. The summed E-state index contributed by atoms with van der Waals surface area (Å²) in [4.78, 5) is 35.6. The number of nitrogens with two attached hydrogens (primary N) is 1. The Morgan fingerprint density at radius 1 is 1.25 bits per heavy atom. The van der Waals surface area contributed by atoms with Crippen LogP contribution in [0.5, 0.6) is 11.5 Å². The molecule has 8 nitrogen and oxygen atoms in total. The van der Waals surface area contributed by atoms with Crippen LogP contribution in [-0.2, 0) is 9.59 Å². The van der Waals surface area contributed by atoms with E-state index in [0.717, 1.165) is 0 Å². The Morgan fingerprint density at radius 2 is 1.92 bits per heavy atom. The first-order chi connectivity index (χ1) is 11.3. The van der Waals surface area contributed by atoms with Gasteiger partial charge in [-0.1, -0.05) is 0 Å². The summed E-state index contributed by atoms with van der Waals surface area (Å²) in [6.45, 7) is 3.41. The number of carbonyl (C=O) groups excluding carboxylic acids is 2. The van der Waals surface area contributed by atoms with Gasteiger partial charge in [-0.2, -0.15) is 0 Å². The van der Waals surface area contributed by atoms with Gasteiger partial charge in [-0.15, -0.1) is 0 Å². The molecule has 1 rings (SSSR count). The molecule has 8 heteroatoms. The monoisotopic (exact) mass is 338 g/mol. The molecule has 0 fully saturated rings. The van der Waals surface area contributed by atoms with Crippen LogP contribution < -0.4 is 15.2 Å². The number of primary amides is 1. The van der Waals surface area contributed by atoms with Gasteiger partial charge in [0.15, 0.2) is 18.1 Å². The lowest BCUT2D eigenvalue weighted by Gasteiger charge is -2.26. The first-order valence-electron chi connectivity index (χ1n) is 7.38. The first-order valence-corrected chi connectivity index (χ1v) is 7.38. The predicted octanol–water partition coefficient (Wildman–Crippen LogP) is 0.885. The number of methoxy groups -OCH3 is 1. The number of nitrogens with zero attached hydrogens (tertiary/aromatic N) is 1. The molecule has 0 aromatic heterocycles. The number of carboxylic acid groups (broad SMARTS) is 1. The van der Waals surface area contributed by atoms with E-state index < -0.39 is 11.9 Å². The van der Waals surface area contributed by atoms with Gasteiger partial charge in [0.25, 0.3) is 11.8 Å². The van der Waals surface area contributed by atoms with Crippen LogP contribution in [0.4, 0.5) is 0 Å². The van der Waals surface area contributed by atoms with E-state index in [-0.39, 0.29) is 43.0 Å². The van der Waals surface area contributed by atoms with Gasteiger partial charge in [0.05, 0.1) is 13.5 Å². The van der Waals surface area contributed by atoms with Crippen molar-refractivity contribution in [3.05, 3.63) is 23.8 Å². The molecule has 0 heterocycles. The molecule has 2 amide bonds. The SMILES string of the molecule is COc1cc(C(=O)N(CCC(=O)O)C(C)C)ccc1OCC(N)=O. The van der Waals surface area contributed by atoms with Gasteiger partial charge in [-0.25, -0.2) is 0 Å². The molecular weight excluding hydrogens is 316 g/mol. The number of benzene rings is 1. The van der Waals surface area contributed by atoms with Crippen molar-refractivity contribution in [2.75, 3.05) is 20.3 Å². The minimum absolute atomic E-state index is 0.105. The summed E-state index contributed by atoms with van der Waals surface area (Å²) in [5.74, 6) is -1.34. The Labute approximate surface area is 140 Å². The lowest BCUT2D eigenvalue weighted by molar-refractivity contribution is -0.137. The van der Waals surface area contributed by atoms with E-state index >= 15 is 0 Å². The van der Waals surface area contributed by atoms with Crippen molar-refractivity contribution >= 4 is 17.8 Å². The molecule has 0 aliphatic carbocycles. The minimum atomic E-state index is -0.971. The van der Waals surface area contributed by atoms with Crippen molar-refractivity contribution in [1.82, 2.24) is 4.90 Å². The first kappa shape index (κ1) is 19.3. The Kier molecular flexibility index (Phi) is 7.03. The van der Waals surface area contributed by atoms with Crippen LogP contribution >= 0.6 is 0 Å². The third-order valence-corrected chi connectivity index (χ3v) is 3.23. The molecule has 0 aliphatic heterocycles. The number of carbonyl (C=O) groups is 3. The molecule has 0 bridgehead atoms. The molecule has 0 saturated heterocycles. The zero-order valence-corrected chi connectivity index (χ0v) is 13.9. The third kappa shape index (κ3) is 5.45. The van der Waals surface area contributed by atoms with Crippen LogP contribution in [0.2, 0.25) is 0 Å². The molecule has 3 N–H and O–H groups in total.